The van der Waals surface area contributed by atoms with Crippen LogP contribution in [0.3, 0.4) is 0 Å². The quantitative estimate of drug-likeness (QED) is 0.377. The molecule has 1 fully saturated rings. The summed E-state index contributed by atoms with van der Waals surface area (Å²) in [6, 6.07) is 0. The van der Waals surface area contributed by atoms with Crippen molar-refractivity contribution in [3.05, 3.63) is 4.72 Å². The summed E-state index contributed by atoms with van der Waals surface area (Å²) >= 11 is 0. The van der Waals surface area contributed by atoms with Crippen molar-refractivity contribution in [3.8, 4) is 0 Å². The van der Waals surface area contributed by atoms with Crippen LogP contribution in [0.25, 0.3) is 4.72 Å². The molecule has 0 aromatic rings. The van der Waals surface area contributed by atoms with Crippen molar-refractivity contribution in [3.63, 3.8) is 0 Å². The van der Waals surface area contributed by atoms with Crippen molar-refractivity contribution < 1.29 is 36.1 Å². The number of sulfonamides is 1. The maximum atomic E-state index is 12.0. The molecule has 1 aliphatic rings. The Morgan fingerprint density at radius 3 is 2.00 bits per heavy atom. The number of nitrogens with zero attached hydrogens (tertiary/aromatic N) is 1. The van der Waals surface area contributed by atoms with Crippen LogP contribution in [0, 0.1) is 0 Å². The zero-order chi connectivity index (χ0) is 7.12. The molecular weight excluding hydrogens is 159 g/mol. The number of rotatable bonds is 0. The topological polar surface area (TPSA) is 48.2 Å². The van der Waals surface area contributed by atoms with Crippen molar-refractivity contribution in [2.24, 2.45) is 0 Å². The molecule has 0 bridgehead atoms. The predicted molar refractivity (Wildman–Crippen MR) is 26.7 cm³/mol. The fraction of sp³-hybridized carbons (Fsp3) is 1.00. The van der Waals surface area contributed by atoms with Gasteiger partial charge in [-0.1, -0.05) is 0 Å². The number of alkyl halides is 2. The fourth-order valence-corrected chi connectivity index (χ4v) is 1.39. The molecule has 0 aromatic carbocycles. The second-order valence-electron chi connectivity index (χ2n) is 1.72. The van der Waals surface area contributed by atoms with E-state index in [9.17, 15) is 17.2 Å². The first-order chi connectivity index (χ1) is 3.96. The Bertz CT molecular complexity index is 215. The van der Waals surface area contributed by atoms with Gasteiger partial charge in [0.05, 0.1) is 0 Å². The molecule has 0 N–H and O–H groups in total. The second-order valence-corrected chi connectivity index (χ2v) is 3.52. The molecule has 0 aliphatic carbocycles. The Morgan fingerprint density at radius 2 is 1.90 bits per heavy atom. The monoisotopic (exact) mass is 163 g/mol. The second kappa shape index (κ2) is 2.78. The van der Waals surface area contributed by atoms with Gasteiger partial charge in [0.2, 0.25) is 0 Å². The number of hydrogen-bond acceptors (Lipinski definition) is 2. The van der Waals surface area contributed by atoms with Crippen LogP contribution in [-0.4, -0.2) is 20.2 Å². The third-order valence-electron chi connectivity index (χ3n) is 1.04. The van der Waals surface area contributed by atoms with E-state index in [4.69, 9.17) is 0 Å². The van der Waals surface area contributed by atoms with E-state index in [2.05, 4.69) is 4.72 Å². The third-order valence-corrected chi connectivity index (χ3v) is 2.52. The molecule has 0 saturated carbocycles. The van der Waals surface area contributed by atoms with Crippen LogP contribution in [0.15, 0.2) is 0 Å². The number of halogens is 2. The smallest absolute Gasteiger partial charge is 0.544 e. The van der Waals surface area contributed by atoms with E-state index >= 15 is 0 Å². The van der Waals surface area contributed by atoms with Gasteiger partial charge in [0, 0.05) is 6.42 Å². The van der Waals surface area contributed by atoms with Crippen molar-refractivity contribution in [1.82, 2.24) is 0 Å². The molecule has 1 rings (SSSR count). The van der Waals surface area contributed by atoms with Crippen LogP contribution in [0.5, 0.6) is 0 Å². The minimum atomic E-state index is -4.43. The molecule has 1 aliphatic heterocycles. The third kappa shape index (κ3) is 1.51. The maximum Gasteiger partial charge on any atom is 1.00 e. The standard InChI is InChI=1S/C3H4F2NO2S.Li/c4-3(5)1-2-6-9(3,7)8;/h1-2H2;/q-1;+1. The van der Waals surface area contributed by atoms with Crippen molar-refractivity contribution in [2.45, 2.75) is 11.7 Å². The molecular formula is C3H4F2LiNO2S. The van der Waals surface area contributed by atoms with Crippen molar-refractivity contribution >= 4 is 10.0 Å². The van der Waals surface area contributed by atoms with Gasteiger partial charge in [-0.3, -0.25) is 0 Å². The molecule has 1 heterocycles. The molecule has 10 heavy (non-hydrogen) atoms. The first kappa shape index (κ1) is 10.4. The average Bonchev–Trinajstić information content (AvgIpc) is 1.81. The summed E-state index contributed by atoms with van der Waals surface area (Å²) in [6.45, 7) is -0.282. The summed E-state index contributed by atoms with van der Waals surface area (Å²) in [6.07, 6.45) is -0.671. The van der Waals surface area contributed by atoms with Gasteiger partial charge in [0.25, 0.3) is 0 Å². The summed E-state index contributed by atoms with van der Waals surface area (Å²) in [4.78, 5) is 0. The Kier molecular flexibility index (Phi) is 2.88. The van der Waals surface area contributed by atoms with Crippen LogP contribution in [-0.2, 0) is 10.0 Å². The Hall–Kier alpha value is 0.367. The van der Waals surface area contributed by atoms with Crippen LogP contribution in [0.2, 0.25) is 0 Å². The first-order valence-electron chi connectivity index (χ1n) is 2.27. The van der Waals surface area contributed by atoms with E-state index in [1.807, 2.05) is 0 Å². The largest absolute Gasteiger partial charge is 1.00 e. The molecule has 0 radical (unpaired) electrons. The summed E-state index contributed by atoms with van der Waals surface area (Å²) in [7, 11) is -4.43. The molecule has 7 heteroatoms. The predicted octanol–water partition coefficient (Wildman–Crippen LogP) is -2.31. The van der Waals surface area contributed by atoms with Gasteiger partial charge in [-0.15, -0.1) is 6.54 Å². The minimum absolute atomic E-state index is 0. The summed E-state index contributed by atoms with van der Waals surface area (Å²) < 4.78 is 47.2. The van der Waals surface area contributed by atoms with Crippen LogP contribution in [0.4, 0.5) is 8.78 Å². The van der Waals surface area contributed by atoms with E-state index in [1.54, 1.807) is 0 Å². The molecule has 0 aromatic heterocycles. The Morgan fingerprint density at radius 1 is 1.40 bits per heavy atom. The van der Waals surface area contributed by atoms with Gasteiger partial charge in [0.1, 0.15) is 10.0 Å². The molecule has 0 atom stereocenters. The van der Waals surface area contributed by atoms with Crippen molar-refractivity contribution in [1.29, 1.82) is 0 Å². The van der Waals surface area contributed by atoms with Crippen LogP contribution >= 0.6 is 0 Å². The summed E-state index contributed by atoms with van der Waals surface area (Å²) in [5, 5.41) is -3.60. The zero-order valence-corrected chi connectivity index (χ0v) is 6.16. The van der Waals surface area contributed by atoms with E-state index in [0.29, 0.717) is 0 Å². The summed E-state index contributed by atoms with van der Waals surface area (Å²) in [5.41, 5.74) is 0. The van der Waals surface area contributed by atoms with Gasteiger partial charge >= 0.3 is 24.1 Å². The zero-order valence-electron chi connectivity index (χ0n) is 5.34. The average molecular weight is 163 g/mol. The molecule has 0 spiro atoms. The van der Waals surface area contributed by atoms with Gasteiger partial charge < -0.3 is 4.72 Å². The molecule has 3 nitrogen and oxygen atoms in total. The van der Waals surface area contributed by atoms with Crippen LogP contribution < -0.4 is 18.9 Å². The molecule has 54 valence electrons. The Labute approximate surface area is 69.4 Å². The molecule has 1 saturated heterocycles. The van der Waals surface area contributed by atoms with Gasteiger partial charge in [0.15, 0.2) is 0 Å². The van der Waals surface area contributed by atoms with E-state index in [0.717, 1.165) is 0 Å². The number of hydrogen-bond donors (Lipinski definition) is 0. The SMILES string of the molecule is O=S1(=O)[N-]CCC1(F)F.[Li+]. The van der Waals surface area contributed by atoms with Crippen LogP contribution in [0.1, 0.15) is 6.42 Å². The molecule has 0 amide bonds. The normalized spacial score (nSPS) is 27.4. The molecule has 0 unspecified atom stereocenters. The minimum Gasteiger partial charge on any atom is -0.544 e. The van der Waals surface area contributed by atoms with Crippen molar-refractivity contribution in [2.75, 3.05) is 6.54 Å². The fourth-order valence-electron chi connectivity index (χ4n) is 0.519. The summed E-state index contributed by atoms with van der Waals surface area (Å²) in [5.74, 6) is 0. The van der Waals surface area contributed by atoms with Gasteiger partial charge in [-0.25, -0.2) is 8.42 Å². The van der Waals surface area contributed by atoms with E-state index in [-0.39, 0.29) is 25.4 Å². The Balaban J connectivity index is 0.000000810. The van der Waals surface area contributed by atoms with Gasteiger partial charge in [-0.05, 0) is 0 Å². The maximum absolute atomic E-state index is 12.0. The van der Waals surface area contributed by atoms with E-state index in [1.165, 1.54) is 0 Å². The van der Waals surface area contributed by atoms with Gasteiger partial charge in [-0.2, -0.15) is 8.78 Å². The van der Waals surface area contributed by atoms with E-state index < -0.39 is 21.7 Å². The first-order valence-corrected chi connectivity index (χ1v) is 3.71.